The van der Waals surface area contributed by atoms with Crippen LogP contribution in [0, 0.1) is 0 Å². The smallest absolute Gasteiger partial charge is 0.239 e. The van der Waals surface area contributed by atoms with E-state index in [2.05, 4.69) is 5.32 Å². The highest BCUT2D eigenvalue weighted by molar-refractivity contribution is 6.29. The molecule has 0 saturated carbocycles. The van der Waals surface area contributed by atoms with Crippen LogP contribution in [-0.2, 0) is 4.79 Å². The number of amides is 1. The van der Waals surface area contributed by atoms with Crippen LogP contribution in [0.3, 0.4) is 0 Å². The molecule has 0 aliphatic rings. The zero-order valence-electron chi connectivity index (χ0n) is 9.71. The van der Waals surface area contributed by atoms with E-state index in [0.29, 0.717) is 11.3 Å². The Balaban J connectivity index is 2.67. The molecule has 0 saturated heterocycles. The van der Waals surface area contributed by atoms with Gasteiger partial charge in [0.05, 0.1) is 6.10 Å². The molecular weight excluding hydrogens is 258 g/mol. The molecule has 1 aromatic carbocycles. The normalized spacial score (nSPS) is 14.0. The van der Waals surface area contributed by atoms with Gasteiger partial charge in [-0.1, -0.05) is 12.1 Å². The van der Waals surface area contributed by atoms with E-state index in [0.717, 1.165) is 0 Å². The van der Waals surface area contributed by atoms with Gasteiger partial charge in [-0.3, -0.25) is 4.79 Å². The summed E-state index contributed by atoms with van der Waals surface area (Å²) in [6, 6.07) is 6.40. The van der Waals surface area contributed by atoms with Gasteiger partial charge >= 0.3 is 0 Å². The molecule has 18 heavy (non-hydrogen) atoms. The Morgan fingerprint density at radius 2 is 1.89 bits per heavy atom. The number of hydrogen-bond acceptors (Lipinski definition) is 4. The molecular formula is C12H16ClNO4. The number of aliphatic hydroxyl groups is 3. The van der Waals surface area contributed by atoms with Gasteiger partial charge in [0.15, 0.2) is 0 Å². The van der Waals surface area contributed by atoms with Gasteiger partial charge in [0.2, 0.25) is 5.91 Å². The summed E-state index contributed by atoms with van der Waals surface area (Å²) in [6.45, 7) is -0.192. The van der Waals surface area contributed by atoms with Crippen LogP contribution >= 0.6 is 11.6 Å². The molecule has 5 nitrogen and oxygen atoms in total. The van der Waals surface area contributed by atoms with Gasteiger partial charge in [0, 0.05) is 12.3 Å². The molecule has 100 valence electrons. The number of carbonyl (C=O) groups excluding carboxylic acids is 1. The molecule has 0 aromatic heterocycles. The number of carbonyl (C=O) groups is 1. The molecule has 0 aliphatic heterocycles. The molecule has 0 fully saturated rings. The number of benzene rings is 1. The summed E-state index contributed by atoms with van der Waals surface area (Å²) >= 11 is 5.35. The van der Waals surface area contributed by atoms with E-state index in [1.54, 1.807) is 24.3 Å². The van der Waals surface area contributed by atoms with Crippen LogP contribution in [0.5, 0.6) is 0 Å². The van der Waals surface area contributed by atoms with E-state index >= 15 is 0 Å². The van der Waals surface area contributed by atoms with Crippen LogP contribution in [0.15, 0.2) is 24.3 Å². The fourth-order valence-electron chi connectivity index (χ4n) is 1.47. The van der Waals surface area contributed by atoms with Gasteiger partial charge in [-0.15, -0.1) is 11.6 Å². The molecule has 2 unspecified atom stereocenters. The maximum atomic E-state index is 11.0. The first-order valence-electron chi connectivity index (χ1n) is 5.51. The van der Waals surface area contributed by atoms with Gasteiger partial charge in [-0.05, 0) is 24.1 Å². The lowest BCUT2D eigenvalue weighted by molar-refractivity contribution is -0.113. The summed E-state index contributed by atoms with van der Waals surface area (Å²) in [5.41, 5.74) is 1.08. The molecule has 6 heteroatoms. The molecule has 0 radical (unpaired) electrons. The van der Waals surface area contributed by atoms with E-state index in [4.69, 9.17) is 16.7 Å². The zero-order valence-corrected chi connectivity index (χ0v) is 10.5. The molecule has 0 heterocycles. The minimum absolute atomic E-state index is 0.103. The van der Waals surface area contributed by atoms with Crippen molar-refractivity contribution in [2.45, 2.75) is 18.6 Å². The van der Waals surface area contributed by atoms with Crippen molar-refractivity contribution in [2.24, 2.45) is 0 Å². The Bertz CT molecular complexity index is 382. The number of halogens is 1. The average molecular weight is 274 g/mol. The van der Waals surface area contributed by atoms with E-state index < -0.39 is 12.2 Å². The van der Waals surface area contributed by atoms with Gasteiger partial charge in [0.25, 0.3) is 0 Å². The number of nitrogens with one attached hydrogen (secondary N) is 1. The Kier molecular flexibility index (Phi) is 6.07. The second-order valence-electron chi connectivity index (χ2n) is 3.83. The maximum absolute atomic E-state index is 11.0. The quantitative estimate of drug-likeness (QED) is 0.573. The van der Waals surface area contributed by atoms with Gasteiger partial charge in [0.1, 0.15) is 12.0 Å². The molecule has 0 bridgehead atoms. The zero-order chi connectivity index (χ0) is 13.5. The van der Waals surface area contributed by atoms with E-state index in [1.807, 2.05) is 0 Å². The molecule has 1 amide bonds. The molecule has 1 aromatic rings. The Morgan fingerprint density at radius 1 is 1.28 bits per heavy atom. The average Bonchev–Trinajstić information content (AvgIpc) is 2.39. The maximum Gasteiger partial charge on any atom is 0.239 e. The van der Waals surface area contributed by atoms with Crippen molar-refractivity contribution < 1.29 is 20.1 Å². The molecule has 4 N–H and O–H groups in total. The Hall–Kier alpha value is -1.14. The van der Waals surface area contributed by atoms with E-state index in [-0.39, 0.29) is 24.8 Å². The number of hydrogen-bond donors (Lipinski definition) is 4. The van der Waals surface area contributed by atoms with Crippen LogP contribution in [-0.4, -0.2) is 39.8 Å². The van der Waals surface area contributed by atoms with Gasteiger partial charge in [-0.25, -0.2) is 0 Å². The van der Waals surface area contributed by atoms with Crippen LogP contribution < -0.4 is 5.32 Å². The Labute approximate surface area is 110 Å². The summed E-state index contributed by atoms with van der Waals surface area (Å²) in [5.74, 6) is -0.440. The summed E-state index contributed by atoms with van der Waals surface area (Å²) in [6.07, 6.45) is -1.97. The Morgan fingerprint density at radius 3 is 2.39 bits per heavy atom. The van der Waals surface area contributed by atoms with Crippen molar-refractivity contribution in [3.63, 3.8) is 0 Å². The van der Waals surface area contributed by atoms with E-state index in [9.17, 15) is 15.0 Å². The standard InChI is InChI=1S/C12H16ClNO4/c13-7-11(17)14-9-3-1-8(2-4-9)12(18)10(16)5-6-15/h1-4,10,12,15-16,18H,5-7H2,(H,14,17). The number of anilines is 1. The van der Waals surface area contributed by atoms with Crippen molar-refractivity contribution in [1.29, 1.82) is 0 Å². The number of rotatable bonds is 6. The number of alkyl halides is 1. The first-order valence-corrected chi connectivity index (χ1v) is 6.04. The minimum Gasteiger partial charge on any atom is -0.396 e. The van der Waals surface area contributed by atoms with Crippen molar-refractivity contribution >= 4 is 23.2 Å². The van der Waals surface area contributed by atoms with Crippen LogP contribution in [0.25, 0.3) is 0 Å². The fraction of sp³-hybridized carbons (Fsp3) is 0.417. The van der Waals surface area contributed by atoms with Crippen LogP contribution in [0.4, 0.5) is 5.69 Å². The van der Waals surface area contributed by atoms with E-state index in [1.165, 1.54) is 0 Å². The van der Waals surface area contributed by atoms with Crippen LogP contribution in [0.1, 0.15) is 18.1 Å². The SMILES string of the molecule is O=C(CCl)Nc1ccc(C(O)C(O)CCO)cc1. The van der Waals surface area contributed by atoms with Crippen molar-refractivity contribution in [1.82, 2.24) is 0 Å². The lowest BCUT2D eigenvalue weighted by Gasteiger charge is -2.17. The van der Waals surface area contributed by atoms with Crippen LogP contribution in [0.2, 0.25) is 0 Å². The topological polar surface area (TPSA) is 89.8 Å². The van der Waals surface area contributed by atoms with Gasteiger partial charge < -0.3 is 20.6 Å². The first-order chi connectivity index (χ1) is 8.58. The largest absolute Gasteiger partial charge is 0.396 e. The third kappa shape index (κ3) is 4.27. The molecule has 0 aliphatic carbocycles. The highest BCUT2D eigenvalue weighted by Gasteiger charge is 2.17. The predicted molar refractivity (Wildman–Crippen MR) is 68.5 cm³/mol. The highest BCUT2D eigenvalue weighted by Crippen LogP contribution is 2.20. The van der Waals surface area contributed by atoms with Crippen molar-refractivity contribution in [2.75, 3.05) is 17.8 Å². The summed E-state index contributed by atoms with van der Waals surface area (Å²) in [7, 11) is 0. The third-order valence-corrected chi connectivity index (χ3v) is 2.69. The van der Waals surface area contributed by atoms with Crippen molar-refractivity contribution in [3.05, 3.63) is 29.8 Å². The fourth-order valence-corrected chi connectivity index (χ4v) is 1.54. The minimum atomic E-state index is -1.06. The second-order valence-corrected chi connectivity index (χ2v) is 4.10. The lowest BCUT2D eigenvalue weighted by Crippen LogP contribution is -2.19. The lowest BCUT2D eigenvalue weighted by atomic mass is 10.0. The monoisotopic (exact) mass is 273 g/mol. The molecule has 0 spiro atoms. The van der Waals surface area contributed by atoms with Crippen molar-refractivity contribution in [3.8, 4) is 0 Å². The molecule has 2 atom stereocenters. The predicted octanol–water partition coefficient (Wildman–Crippen LogP) is 0.641. The van der Waals surface area contributed by atoms with Gasteiger partial charge in [-0.2, -0.15) is 0 Å². The summed E-state index contributed by atoms with van der Waals surface area (Å²) in [5, 5.41) is 30.5. The number of aliphatic hydroxyl groups excluding tert-OH is 3. The third-order valence-electron chi connectivity index (χ3n) is 2.45. The molecule has 1 rings (SSSR count). The summed E-state index contributed by atoms with van der Waals surface area (Å²) < 4.78 is 0. The first kappa shape index (κ1) is 14.9. The highest BCUT2D eigenvalue weighted by atomic mass is 35.5. The second kappa shape index (κ2) is 7.33. The summed E-state index contributed by atoms with van der Waals surface area (Å²) in [4.78, 5) is 11.0.